The summed E-state index contributed by atoms with van der Waals surface area (Å²) in [5.74, 6) is -0.196. The number of benzene rings is 1. The number of amides is 2. The summed E-state index contributed by atoms with van der Waals surface area (Å²) in [5, 5.41) is 5.74. The van der Waals surface area contributed by atoms with Crippen LogP contribution in [0.15, 0.2) is 30.3 Å². The van der Waals surface area contributed by atoms with Crippen molar-refractivity contribution in [1.82, 2.24) is 15.5 Å². The number of hydrogen-bond donors (Lipinski definition) is 2. The molecule has 0 aromatic heterocycles. The van der Waals surface area contributed by atoms with E-state index in [4.69, 9.17) is 4.74 Å². The third kappa shape index (κ3) is 6.38. The summed E-state index contributed by atoms with van der Waals surface area (Å²) in [7, 11) is 0. The van der Waals surface area contributed by atoms with Gasteiger partial charge < -0.3 is 15.4 Å². The van der Waals surface area contributed by atoms with Crippen LogP contribution in [0.5, 0.6) is 0 Å². The number of nitrogens with one attached hydrogen (secondary N) is 2. The lowest BCUT2D eigenvalue weighted by Gasteiger charge is -2.26. The van der Waals surface area contributed by atoms with E-state index >= 15 is 0 Å². The molecular formula is C17H25N3O3. The minimum atomic E-state index is -0.203. The molecule has 0 bridgehead atoms. The molecule has 2 N–H and O–H groups in total. The molecule has 0 saturated carbocycles. The second-order valence-electron chi connectivity index (χ2n) is 5.75. The maximum Gasteiger partial charge on any atom is 0.251 e. The standard InChI is InChI=1S/C17H25N3O3/c1-14(19-17(22)15-5-3-2-4-6-15)13-16(21)18-7-8-20-9-11-23-12-10-20/h2-6,14H,7-13H2,1H3,(H,18,21)(H,19,22). The number of carbonyl (C=O) groups excluding carboxylic acids is 2. The maximum absolute atomic E-state index is 12.0. The van der Waals surface area contributed by atoms with E-state index in [-0.39, 0.29) is 24.3 Å². The Labute approximate surface area is 137 Å². The highest BCUT2D eigenvalue weighted by molar-refractivity contribution is 5.94. The Hall–Kier alpha value is -1.92. The van der Waals surface area contributed by atoms with Crippen LogP contribution in [0.4, 0.5) is 0 Å². The number of carbonyl (C=O) groups is 2. The Morgan fingerprint density at radius 3 is 2.61 bits per heavy atom. The Bertz CT molecular complexity index is 501. The van der Waals surface area contributed by atoms with Crippen molar-refractivity contribution in [1.29, 1.82) is 0 Å². The predicted octanol–water partition coefficient (Wildman–Crippen LogP) is 0.643. The molecule has 23 heavy (non-hydrogen) atoms. The minimum absolute atomic E-state index is 0.0425. The molecule has 0 spiro atoms. The zero-order chi connectivity index (χ0) is 16.5. The molecule has 1 saturated heterocycles. The van der Waals surface area contributed by atoms with E-state index < -0.39 is 0 Å². The number of morpholine rings is 1. The highest BCUT2D eigenvalue weighted by Crippen LogP contribution is 2.00. The van der Waals surface area contributed by atoms with Gasteiger partial charge in [0.05, 0.1) is 13.2 Å². The van der Waals surface area contributed by atoms with Crippen LogP contribution in [-0.4, -0.2) is 62.1 Å². The number of rotatable bonds is 7. The summed E-state index contributed by atoms with van der Waals surface area (Å²) in [6.07, 6.45) is 0.279. The van der Waals surface area contributed by atoms with Crippen LogP contribution < -0.4 is 10.6 Å². The quantitative estimate of drug-likeness (QED) is 0.774. The van der Waals surface area contributed by atoms with Crippen molar-refractivity contribution in [3.63, 3.8) is 0 Å². The smallest absolute Gasteiger partial charge is 0.251 e. The normalized spacial score (nSPS) is 16.6. The van der Waals surface area contributed by atoms with Gasteiger partial charge in [0, 0.05) is 44.2 Å². The lowest BCUT2D eigenvalue weighted by atomic mass is 10.1. The van der Waals surface area contributed by atoms with Gasteiger partial charge in [0.1, 0.15) is 0 Å². The van der Waals surface area contributed by atoms with Crippen molar-refractivity contribution in [3.8, 4) is 0 Å². The minimum Gasteiger partial charge on any atom is -0.379 e. The van der Waals surface area contributed by atoms with E-state index in [9.17, 15) is 9.59 Å². The van der Waals surface area contributed by atoms with E-state index in [2.05, 4.69) is 15.5 Å². The number of ether oxygens (including phenoxy) is 1. The van der Waals surface area contributed by atoms with Gasteiger partial charge in [-0.2, -0.15) is 0 Å². The van der Waals surface area contributed by atoms with Gasteiger partial charge in [-0.25, -0.2) is 0 Å². The van der Waals surface area contributed by atoms with Crippen LogP contribution in [0.2, 0.25) is 0 Å². The maximum atomic E-state index is 12.0. The third-order valence-corrected chi connectivity index (χ3v) is 3.76. The Balaban J connectivity index is 1.63. The molecule has 2 amide bonds. The van der Waals surface area contributed by atoms with Crippen LogP contribution in [0.25, 0.3) is 0 Å². The van der Waals surface area contributed by atoms with E-state index in [1.807, 2.05) is 25.1 Å². The molecule has 1 aliphatic rings. The zero-order valence-corrected chi connectivity index (χ0v) is 13.6. The first kappa shape index (κ1) is 17.4. The van der Waals surface area contributed by atoms with Crippen LogP contribution in [0.1, 0.15) is 23.7 Å². The molecule has 6 nitrogen and oxygen atoms in total. The summed E-state index contributed by atoms with van der Waals surface area (Å²) in [6, 6.07) is 8.80. The molecule has 0 aliphatic carbocycles. The summed E-state index contributed by atoms with van der Waals surface area (Å²) < 4.78 is 5.28. The molecule has 1 unspecified atom stereocenters. The summed E-state index contributed by atoms with van der Waals surface area (Å²) >= 11 is 0. The fourth-order valence-corrected chi connectivity index (χ4v) is 2.48. The van der Waals surface area contributed by atoms with Crippen molar-refractivity contribution in [2.24, 2.45) is 0 Å². The topological polar surface area (TPSA) is 70.7 Å². The van der Waals surface area contributed by atoms with Crippen LogP contribution in [0.3, 0.4) is 0 Å². The van der Waals surface area contributed by atoms with Crippen molar-refractivity contribution < 1.29 is 14.3 Å². The number of nitrogens with zero attached hydrogens (tertiary/aromatic N) is 1. The number of hydrogen-bond acceptors (Lipinski definition) is 4. The lowest BCUT2D eigenvalue weighted by molar-refractivity contribution is -0.121. The molecule has 1 aromatic carbocycles. The van der Waals surface area contributed by atoms with E-state index in [0.717, 1.165) is 32.8 Å². The van der Waals surface area contributed by atoms with Crippen molar-refractivity contribution in [2.75, 3.05) is 39.4 Å². The summed E-state index contributed by atoms with van der Waals surface area (Å²) in [4.78, 5) is 26.2. The first-order valence-electron chi connectivity index (χ1n) is 8.08. The fraction of sp³-hybridized carbons (Fsp3) is 0.529. The first-order valence-corrected chi connectivity index (χ1v) is 8.08. The van der Waals surface area contributed by atoms with Crippen LogP contribution >= 0.6 is 0 Å². The van der Waals surface area contributed by atoms with Gasteiger partial charge in [-0.1, -0.05) is 18.2 Å². The zero-order valence-electron chi connectivity index (χ0n) is 13.6. The molecule has 1 aliphatic heterocycles. The van der Waals surface area contributed by atoms with Crippen molar-refractivity contribution >= 4 is 11.8 Å². The fourth-order valence-electron chi connectivity index (χ4n) is 2.48. The Morgan fingerprint density at radius 2 is 1.91 bits per heavy atom. The average Bonchev–Trinajstić information content (AvgIpc) is 2.56. The average molecular weight is 319 g/mol. The largest absolute Gasteiger partial charge is 0.379 e. The van der Waals surface area contributed by atoms with Crippen molar-refractivity contribution in [3.05, 3.63) is 35.9 Å². The van der Waals surface area contributed by atoms with Gasteiger partial charge in [-0.3, -0.25) is 14.5 Å². The highest BCUT2D eigenvalue weighted by Gasteiger charge is 2.14. The van der Waals surface area contributed by atoms with Gasteiger partial charge in [0.2, 0.25) is 5.91 Å². The van der Waals surface area contributed by atoms with Crippen LogP contribution in [0, 0.1) is 0 Å². The van der Waals surface area contributed by atoms with Gasteiger partial charge >= 0.3 is 0 Å². The van der Waals surface area contributed by atoms with E-state index in [0.29, 0.717) is 12.1 Å². The Morgan fingerprint density at radius 1 is 1.22 bits per heavy atom. The van der Waals surface area contributed by atoms with Crippen LogP contribution in [-0.2, 0) is 9.53 Å². The monoisotopic (exact) mass is 319 g/mol. The molecule has 0 radical (unpaired) electrons. The lowest BCUT2D eigenvalue weighted by Crippen LogP contribution is -2.42. The van der Waals surface area contributed by atoms with E-state index in [1.165, 1.54) is 0 Å². The van der Waals surface area contributed by atoms with Crippen molar-refractivity contribution in [2.45, 2.75) is 19.4 Å². The highest BCUT2D eigenvalue weighted by atomic mass is 16.5. The first-order chi connectivity index (χ1) is 11.1. The van der Waals surface area contributed by atoms with Gasteiger partial charge in [0.15, 0.2) is 0 Å². The molecule has 6 heteroatoms. The molecule has 126 valence electrons. The molecule has 2 rings (SSSR count). The molecule has 1 atom stereocenters. The van der Waals surface area contributed by atoms with Gasteiger partial charge in [-0.05, 0) is 19.1 Å². The third-order valence-electron chi connectivity index (χ3n) is 3.76. The predicted molar refractivity (Wildman–Crippen MR) is 88.3 cm³/mol. The molecule has 1 fully saturated rings. The molecular weight excluding hydrogens is 294 g/mol. The summed E-state index contributed by atoms with van der Waals surface area (Å²) in [6.45, 7) is 6.65. The second-order valence-corrected chi connectivity index (χ2v) is 5.75. The molecule has 1 heterocycles. The second kappa shape index (κ2) is 9.27. The SMILES string of the molecule is CC(CC(=O)NCCN1CCOCC1)NC(=O)c1ccccc1. The molecule has 1 aromatic rings. The van der Waals surface area contributed by atoms with Gasteiger partial charge in [0.25, 0.3) is 5.91 Å². The Kier molecular flexibility index (Phi) is 7.03. The summed E-state index contributed by atoms with van der Waals surface area (Å²) in [5.41, 5.74) is 0.604. The van der Waals surface area contributed by atoms with Gasteiger partial charge in [-0.15, -0.1) is 0 Å². The van der Waals surface area contributed by atoms with E-state index in [1.54, 1.807) is 12.1 Å².